The number of amides is 1. The number of hydrogen-bond acceptors (Lipinski definition) is 6. The number of carbonyl (C=O) groups is 1. The first-order valence-electron chi connectivity index (χ1n) is 8.56. The lowest BCUT2D eigenvalue weighted by molar-refractivity contribution is 0.0738. The number of rotatable bonds is 3. The fraction of sp³-hybridized carbons (Fsp3) is 0.444. The molecule has 0 saturated carbocycles. The summed E-state index contributed by atoms with van der Waals surface area (Å²) >= 11 is 0. The number of sulfone groups is 1. The van der Waals surface area contributed by atoms with E-state index in [-0.39, 0.29) is 35.9 Å². The third-order valence-corrected chi connectivity index (χ3v) is 7.64. The highest BCUT2D eigenvalue weighted by Crippen LogP contribution is 2.36. The number of hydrogen-bond donors (Lipinski definition) is 0. The molecule has 0 aliphatic carbocycles. The second kappa shape index (κ2) is 6.21. The second-order valence-corrected chi connectivity index (χ2v) is 9.48. The minimum Gasteiger partial charge on any atom is -0.350 e. The van der Waals surface area contributed by atoms with Crippen LogP contribution in [0.5, 0.6) is 0 Å². The van der Waals surface area contributed by atoms with Crippen LogP contribution in [0.25, 0.3) is 11.3 Å². The predicted octanol–water partition coefficient (Wildman–Crippen LogP) is 1.14. The number of fused-ring (bicyclic) bond motifs is 1. The molecule has 1 aromatic heterocycles. The Balaban J connectivity index is 1.55. The maximum Gasteiger partial charge on any atom is 0.292 e. The lowest BCUT2D eigenvalue weighted by Crippen LogP contribution is -2.38. The molecule has 0 unspecified atom stereocenters. The van der Waals surface area contributed by atoms with E-state index in [1.165, 1.54) is 0 Å². The average Bonchev–Trinajstić information content (AvgIpc) is 3.31. The topological polar surface area (TPSA) is 83.7 Å². The Morgan fingerprint density at radius 3 is 2.65 bits per heavy atom. The number of nitrogens with zero attached hydrogens (tertiary/aromatic N) is 3. The van der Waals surface area contributed by atoms with Gasteiger partial charge in [-0.3, -0.25) is 4.79 Å². The molecule has 3 heterocycles. The fourth-order valence-electron chi connectivity index (χ4n) is 4.01. The van der Waals surface area contributed by atoms with E-state index >= 15 is 0 Å². The highest BCUT2D eigenvalue weighted by molar-refractivity contribution is 7.92. The van der Waals surface area contributed by atoms with Crippen LogP contribution in [0.1, 0.15) is 10.6 Å². The van der Waals surface area contributed by atoms with Crippen molar-refractivity contribution in [2.75, 3.05) is 32.9 Å². The van der Waals surface area contributed by atoms with E-state index in [1.54, 1.807) is 11.0 Å². The molecule has 0 N–H and O–H groups in total. The molecule has 1 amide bonds. The van der Waals surface area contributed by atoms with Crippen LogP contribution in [0.3, 0.4) is 0 Å². The molecule has 138 valence electrons. The predicted molar refractivity (Wildman–Crippen MR) is 96.4 cm³/mol. The van der Waals surface area contributed by atoms with E-state index in [2.05, 4.69) is 5.16 Å². The normalized spacial score (nSPS) is 27.0. The highest BCUT2D eigenvalue weighted by Gasteiger charge is 2.53. The summed E-state index contributed by atoms with van der Waals surface area (Å²) in [4.78, 5) is 16.3. The van der Waals surface area contributed by atoms with Crippen molar-refractivity contribution in [3.63, 3.8) is 0 Å². The van der Waals surface area contributed by atoms with Crippen molar-refractivity contribution in [2.24, 2.45) is 5.92 Å². The van der Waals surface area contributed by atoms with Crippen LogP contribution >= 0.6 is 0 Å². The largest absolute Gasteiger partial charge is 0.350 e. The van der Waals surface area contributed by atoms with E-state index in [4.69, 9.17) is 4.52 Å². The minimum absolute atomic E-state index is 0.0580. The monoisotopic (exact) mass is 375 g/mol. The molecule has 1 aromatic carbocycles. The van der Waals surface area contributed by atoms with E-state index in [9.17, 15) is 13.2 Å². The molecular formula is C18H21N3O4S. The Morgan fingerprint density at radius 1 is 1.23 bits per heavy atom. The Labute approximate surface area is 152 Å². The van der Waals surface area contributed by atoms with Crippen LogP contribution in [0, 0.1) is 5.92 Å². The summed E-state index contributed by atoms with van der Waals surface area (Å²) in [7, 11) is 0.583. The molecule has 2 aromatic rings. The van der Waals surface area contributed by atoms with Crippen molar-refractivity contribution in [3.05, 3.63) is 42.2 Å². The van der Waals surface area contributed by atoms with E-state index in [0.29, 0.717) is 12.2 Å². The molecular weight excluding hydrogens is 354 g/mol. The van der Waals surface area contributed by atoms with Gasteiger partial charge in [0.15, 0.2) is 9.84 Å². The third kappa shape index (κ3) is 2.83. The maximum atomic E-state index is 12.8. The molecule has 3 atom stereocenters. The minimum atomic E-state index is -3.19. The Hall–Kier alpha value is -2.19. The maximum absolute atomic E-state index is 12.8. The summed E-state index contributed by atoms with van der Waals surface area (Å²) in [6, 6.07) is 11.0. The van der Waals surface area contributed by atoms with Gasteiger partial charge in [-0.1, -0.05) is 35.5 Å². The lowest BCUT2D eigenvalue weighted by Gasteiger charge is -2.24. The van der Waals surface area contributed by atoms with Crippen molar-refractivity contribution in [3.8, 4) is 11.3 Å². The van der Waals surface area contributed by atoms with Crippen LogP contribution in [-0.4, -0.2) is 73.5 Å². The van der Waals surface area contributed by atoms with Gasteiger partial charge in [-0.15, -0.1) is 0 Å². The van der Waals surface area contributed by atoms with Gasteiger partial charge in [0.05, 0.1) is 11.0 Å². The zero-order valence-corrected chi connectivity index (χ0v) is 15.5. The van der Waals surface area contributed by atoms with Gasteiger partial charge in [-0.05, 0) is 14.1 Å². The molecule has 2 aliphatic heterocycles. The molecule has 4 rings (SSSR count). The quantitative estimate of drug-likeness (QED) is 0.800. The van der Waals surface area contributed by atoms with Crippen LogP contribution in [0.4, 0.5) is 0 Å². The summed E-state index contributed by atoms with van der Waals surface area (Å²) in [5.74, 6) is -0.0578. The number of likely N-dealkylation sites (tertiary alicyclic amines) is 1. The Kier molecular flexibility index (Phi) is 4.11. The zero-order valence-electron chi connectivity index (χ0n) is 14.7. The van der Waals surface area contributed by atoms with Crippen molar-refractivity contribution in [2.45, 2.75) is 11.3 Å². The Morgan fingerprint density at radius 2 is 1.96 bits per heavy atom. The second-order valence-electron chi connectivity index (χ2n) is 7.22. The molecule has 7 nitrogen and oxygen atoms in total. The van der Waals surface area contributed by atoms with Gasteiger partial charge >= 0.3 is 0 Å². The number of aromatic nitrogens is 1. The summed E-state index contributed by atoms with van der Waals surface area (Å²) in [6.45, 7) is 0.643. The summed E-state index contributed by atoms with van der Waals surface area (Å²) in [5.41, 5.74) is 1.45. The molecule has 8 heteroatoms. The van der Waals surface area contributed by atoms with Crippen molar-refractivity contribution in [1.29, 1.82) is 0 Å². The van der Waals surface area contributed by atoms with Crippen molar-refractivity contribution < 1.29 is 17.7 Å². The van der Waals surface area contributed by atoms with Crippen LogP contribution < -0.4 is 0 Å². The summed E-state index contributed by atoms with van der Waals surface area (Å²) < 4.78 is 30.1. The number of carbonyl (C=O) groups excluding carboxylic acids is 1. The molecule has 2 saturated heterocycles. The number of benzene rings is 1. The highest BCUT2D eigenvalue weighted by atomic mass is 32.2. The SMILES string of the molecule is CN(C)[C@H]1CS(=O)(=O)[C@H]2CN(C(=O)c3cc(-c4ccccc4)no3)C[C@@H]12. The van der Waals surface area contributed by atoms with Gasteiger partial charge in [0.25, 0.3) is 5.91 Å². The summed E-state index contributed by atoms with van der Waals surface area (Å²) in [5, 5.41) is 3.48. The molecule has 0 spiro atoms. The van der Waals surface area contributed by atoms with Crippen molar-refractivity contribution >= 4 is 15.7 Å². The fourth-order valence-corrected chi connectivity index (χ4v) is 6.48. The van der Waals surface area contributed by atoms with Crippen molar-refractivity contribution in [1.82, 2.24) is 15.0 Å². The van der Waals surface area contributed by atoms with Gasteiger partial charge in [-0.2, -0.15) is 0 Å². The van der Waals surface area contributed by atoms with E-state index < -0.39 is 15.1 Å². The summed E-state index contributed by atoms with van der Waals surface area (Å²) in [6.07, 6.45) is 0. The van der Waals surface area contributed by atoms with Gasteiger partial charge in [-0.25, -0.2) is 8.42 Å². The average molecular weight is 375 g/mol. The first-order chi connectivity index (χ1) is 12.4. The van der Waals surface area contributed by atoms with Gasteiger partial charge < -0.3 is 14.3 Å². The molecule has 26 heavy (non-hydrogen) atoms. The zero-order chi connectivity index (χ0) is 18.5. The van der Waals surface area contributed by atoms with E-state index in [1.807, 2.05) is 49.3 Å². The van der Waals surface area contributed by atoms with Gasteiger partial charge in [0.1, 0.15) is 5.69 Å². The first kappa shape index (κ1) is 17.2. The smallest absolute Gasteiger partial charge is 0.292 e. The van der Waals surface area contributed by atoms with E-state index in [0.717, 1.165) is 5.56 Å². The first-order valence-corrected chi connectivity index (χ1v) is 10.3. The van der Waals surface area contributed by atoms with Crippen LogP contribution in [-0.2, 0) is 9.84 Å². The van der Waals surface area contributed by atoms with Crippen LogP contribution in [0.15, 0.2) is 40.9 Å². The van der Waals surface area contributed by atoms with Gasteiger partial charge in [0, 0.05) is 36.7 Å². The Bertz CT molecular complexity index is 923. The molecule has 0 bridgehead atoms. The molecule has 2 fully saturated rings. The third-order valence-electron chi connectivity index (χ3n) is 5.41. The molecule has 2 aliphatic rings. The molecule has 0 radical (unpaired) electrons. The lowest BCUT2D eigenvalue weighted by atomic mass is 10.00. The standard InChI is InChI=1S/C18H21N3O4S/c1-20(2)15-11-26(23,24)17-10-21(9-13(15)17)18(22)16-8-14(19-25-16)12-6-4-3-5-7-12/h3-8,13,15,17H,9-11H2,1-2H3/t13-,15-,17-/m0/s1. The van der Waals surface area contributed by atoms with Crippen LogP contribution in [0.2, 0.25) is 0 Å². The van der Waals surface area contributed by atoms with Gasteiger partial charge in [0.2, 0.25) is 5.76 Å².